The van der Waals surface area contributed by atoms with Gasteiger partial charge in [0.2, 0.25) is 10.0 Å². The van der Waals surface area contributed by atoms with E-state index in [9.17, 15) is 13.2 Å². The molecule has 0 bridgehead atoms. The van der Waals surface area contributed by atoms with Gasteiger partial charge in [0, 0.05) is 37.3 Å². The summed E-state index contributed by atoms with van der Waals surface area (Å²) in [7, 11) is -1.95. The number of hydrogen-bond donors (Lipinski definition) is 0. The summed E-state index contributed by atoms with van der Waals surface area (Å²) in [6.45, 7) is 1.80. The molecule has 1 aliphatic rings. The number of carbonyl (C=O) groups excluding carboxylic acids is 1. The molecule has 0 unspecified atom stereocenters. The van der Waals surface area contributed by atoms with Crippen LogP contribution in [0.2, 0.25) is 0 Å². The third-order valence-electron chi connectivity index (χ3n) is 3.89. The molecule has 3 rings (SSSR count). The van der Waals surface area contributed by atoms with E-state index in [2.05, 4.69) is 4.98 Å². The van der Waals surface area contributed by atoms with Gasteiger partial charge in [0.25, 0.3) is 5.91 Å². The molecular formula is C16H19N3O4S2. The topological polar surface area (TPSA) is 79.8 Å². The van der Waals surface area contributed by atoms with Crippen molar-refractivity contribution in [2.24, 2.45) is 0 Å². The molecule has 0 aliphatic carbocycles. The number of ether oxygens (including phenoxy) is 1. The Balaban J connectivity index is 1.79. The van der Waals surface area contributed by atoms with Crippen molar-refractivity contribution in [1.82, 2.24) is 14.2 Å². The number of aromatic nitrogens is 1. The molecule has 2 aromatic rings. The molecule has 134 valence electrons. The second kappa shape index (κ2) is 7.61. The van der Waals surface area contributed by atoms with Crippen LogP contribution in [0, 0.1) is 0 Å². The summed E-state index contributed by atoms with van der Waals surface area (Å²) < 4.78 is 32.0. The molecule has 1 aromatic heterocycles. The Morgan fingerprint density at radius 1 is 1.36 bits per heavy atom. The van der Waals surface area contributed by atoms with Crippen LogP contribution in [0.3, 0.4) is 0 Å². The van der Waals surface area contributed by atoms with Crippen molar-refractivity contribution >= 4 is 27.3 Å². The van der Waals surface area contributed by atoms with E-state index in [1.165, 1.54) is 32.7 Å². The van der Waals surface area contributed by atoms with Crippen LogP contribution < -0.4 is 0 Å². The molecule has 1 aromatic carbocycles. The number of amides is 1. The Kier molecular flexibility index (Phi) is 5.48. The molecule has 9 heteroatoms. The first kappa shape index (κ1) is 18.0. The molecular weight excluding hydrogens is 362 g/mol. The number of benzene rings is 1. The van der Waals surface area contributed by atoms with Crippen molar-refractivity contribution < 1.29 is 17.9 Å². The Morgan fingerprint density at radius 3 is 2.80 bits per heavy atom. The standard InChI is InChI=1S/C16H19N3O4S2/c1-18(12-15-17-5-10-24-15)16(20)13-3-2-4-14(11-13)25(21,22)19-6-8-23-9-7-19/h2-5,10-11H,6-9,12H2,1H3. The van der Waals surface area contributed by atoms with Crippen LogP contribution in [0.1, 0.15) is 15.4 Å². The summed E-state index contributed by atoms with van der Waals surface area (Å²) in [6.07, 6.45) is 1.69. The van der Waals surface area contributed by atoms with Gasteiger partial charge in [-0.3, -0.25) is 4.79 Å². The Bertz CT molecular complexity index is 831. The summed E-state index contributed by atoms with van der Waals surface area (Å²) in [6, 6.07) is 6.17. The molecule has 0 radical (unpaired) electrons. The van der Waals surface area contributed by atoms with Gasteiger partial charge in [0.15, 0.2) is 0 Å². The van der Waals surface area contributed by atoms with Crippen molar-refractivity contribution in [3.63, 3.8) is 0 Å². The quantitative estimate of drug-likeness (QED) is 0.783. The Hall–Kier alpha value is -1.81. The van der Waals surface area contributed by atoms with Gasteiger partial charge in [-0.15, -0.1) is 11.3 Å². The first-order valence-electron chi connectivity index (χ1n) is 7.80. The van der Waals surface area contributed by atoms with Crippen molar-refractivity contribution in [2.45, 2.75) is 11.4 Å². The highest BCUT2D eigenvalue weighted by Crippen LogP contribution is 2.19. The van der Waals surface area contributed by atoms with E-state index in [0.29, 0.717) is 38.4 Å². The number of nitrogens with zero attached hydrogens (tertiary/aromatic N) is 3. The summed E-state index contributed by atoms with van der Waals surface area (Å²) in [5.41, 5.74) is 0.341. The van der Waals surface area contributed by atoms with E-state index in [0.717, 1.165) is 5.01 Å². The lowest BCUT2D eigenvalue weighted by Gasteiger charge is -2.26. The average Bonchev–Trinajstić information content (AvgIpc) is 3.15. The minimum atomic E-state index is -3.62. The number of carbonyl (C=O) groups is 1. The zero-order valence-electron chi connectivity index (χ0n) is 13.8. The van der Waals surface area contributed by atoms with Crippen LogP contribution in [0.4, 0.5) is 0 Å². The third kappa shape index (κ3) is 4.06. The van der Waals surface area contributed by atoms with Crippen molar-refractivity contribution in [2.75, 3.05) is 33.4 Å². The molecule has 1 fully saturated rings. The lowest BCUT2D eigenvalue weighted by Crippen LogP contribution is -2.40. The maximum Gasteiger partial charge on any atom is 0.254 e. The molecule has 7 nitrogen and oxygen atoms in total. The largest absolute Gasteiger partial charge is 0.379 e. The highest BCUT2D eigenvalue weighted by Gasteiger charge is 2.27. The number of rotatable bonds is 5. The summed E-state index contributed by atoms with van der Waals surface area (Å²) >= 11 is 1.47. The SMILES string of the molecule is CN(Cc1nccs1)C(=O)c1cccc(S(=O)(=O)N2CCOCC2)c1. The highest BCUT2D eigenvalue weighted by atomic mass is 32.2. The van der Waals surface area contributed by atoms with Gasteiger partial charge < -0.3 is 9.64 Å². The van der Waals surface area contributed by atoms with Gasteiger partial charge in [0.05, 0.1) is 24.7 Å². The van der Waals surface area contributed by atoms with E-state index in [1.807, 2.05) is 5.38 Å². The summed E-state index contributed by atoms with van der Waals surface area (Å²) in [5, 5.41) is 2.68. The van der Waals surface area contributed by atoms with Crippen molar-refractivity contribution in [3.8, 4) is 0 Å². The van der Waals surface area contributed by atoms with E-state index in [-0.39, 0.29) is 10.8 Å². The zero-order valence-corrected chi connectivity index (χ0v) is 15.4. The molecule has 25 heavy (non-hydrogen) atoms. The number of thiazole rings is 1. The van der Waals surface area contributed by atoms with Gasteiger partial charge in [0.1, 0.15) is 5.01 Å². The monoisotopic (exact) mass is 381 g/mol. The van der Waals surface area contributed by atoms with Crippen LogP contribution >= 0.6 is 11.3 Å². The first-order valence-corrected chi connectivity index (χ1v) is 10.1. The minimum Gasteiger partial charge on any atom is -0.379 e. The summed E-state index contributed by atoms with van der Waals surface area (Å²) in [5.74, 6) is -0.241. The fourth-order valence-corrected chi connectivity index (χ4v) is 4.67. The smallest absolute Gasteiger partial charge is 0.254 e. The van der Waals surface area contributed by atoms with E-state index < -0.39 is 10.0 Å². The molecule has 0 N–H and O–H groups in total. The van der Waals surface area contributed by atoms with Gasteiger partial charge >= 0.3 is 0 Å². The lowest BCUT2D eigenvalue weighted by atomic mass is 10.2. The molecule has 1 amide bonds. The third-order valence-corrected chi connectivity index (χ3v) is 6.55. The fourth-order valence-electron chi connectivity index (χ4n) is 2.55. The Morgan fingerprint density at radius 2 is 2.12 bits per heavy atom. The van der Waals surface area contributed by atoms with Crippen molar-refractivity contribution in [3.05, 3.63) is 46.4 Å². The highest BCUT2D eigenvalue weighted by molar-refractivity contribution is 7.89. The molecule has 1 saturated heterocycles. The molecule has 1 aliphatic heterocycles. The fraction of sp³-hybridized carbons (Fsp3) is 0.375. The molecule has 0 spiro atoms. The second-order valence-electron chi connectivity index (χ2n) is 5.63. The van der Waals surface area contributed by atoms with Crippen molar-refractivity contribution in [1.29, 1.82) is 0 Å². The summed E-state index contributed by atoms with van der Waals surface area (Å²) in [4.78, 5) is 18.4. The number of hydrogen-bond acceptors (Lipinski definition) is 6. The van der Waals surface area contributed by atoms with Crippen LogP contribution in [0.5, 0.6) is 0 Å². The van der Waals surface area contributed by atoms with Crippen LogP contribution in [0.25, 0.3) is 0 Å². The lowest BCUT2D eigenvalue weighted by molar-refractivity contribution is 0.0730. The van der Waals surface area contributed by atoms with Gasteiger partial charge in [-0.2, -0.15) is 4.31 Å². The normalized spacial score (nSPS) is 15.9. The maximum absolute atomic E-state index is 12.7. The maximum atomic E-state index is 12.7. The molecule has 2 heterocycles. The predicted octanol–water partition coefficient (Wildman–Crippen LogP) is 1.44. The van der Waals surface area contributed by atoms with E-state index in [4.69, 9.17) is 4.74 Å². The van der Waals surface area contributed by atoms with Gasteiger partial charge in [-0.25, -0.2) is 13.4 Å². The van der Waals surface area contributed by atoms with E-state index in [1.54, 1.807) is 25.4 Å². The zero-order chi connectivity index (χ0) is 17.9. The van der Waals surface area contributed by atoms with Crippen LogP contribution in [-0.4, -0.2) is 61.9 Å². The predicted molar refractivity (Wildman–Crippen MR) is 93.9 cm³/mol. The Labute approximate surface area is 150 Å². The average molecular weight is 381 g/mol. The van der Waals surface area contributed by atoms with E-state index >= 15 is 0 Å². The number of morpholine rings is 1. The minimum absolute atomic E-state index is 0.128. The van der Waals surface area contributed by atoms with Crippen LogP contribution in [-0.2, 0) is 21.3 Å². The van der Waals surface area contributed by atoms with Gasteiger partial charge in [-0.05, 0) is 18.2 Å². The first-order chi connectivity index (χ1) is 12.0. The van der Waals surface area contributed by atoms with Crippen LogP contribution in [0.15, 0.2) is 40.7 Å². The molecule has 0 saturated carbocycles. The second-order valence-corrected chi connectivity index (χ2v) is 8.55. The van der Waals surface area contributed by atoms with Gasteiger partial charge in [-0.1, -0.05) is 6.07 Å². The number of sulfonamides is 1. The molecule has 0 atom stereocenters.